The van der Waals surface area contributed by atoms with Crippen LogP contribution in [0.15, 0.2) is 24.3 Å². The fraction of sp³-hybridized carbons (Fsp3) is 0.571. The van der Waals surface area contributed by atoms with Crippen molar-refractivity contribution in [3.63, 3.8) is 0 Å². The van der Waals surface area contributed by atoms with Crippen LogP contribution < -0.4 is 5.32 Å². The van der Waals surface area contributed by atoms with Crippen molar-refractivity contribution < 1.29 is 9.13 Å². The average Bonchev–Trinajstić information content (AvgIpc) is 2.67. The number of benzene rings is 1. The summed E-state index contributed by atoms with van der Waals surface area (Å²) >= 11 is 0. The fourth-order valence-electron chi connectivity index (χ4n) is 3.11. The molecule has 2 saturated heterocycles. The molecule has 3 nitrogen and oxygen atoms in total. The highest BCUT2D eigenvalue weighted by Gasteiger charge is 2.46. The Kier molecular flexibility index (Phi) is 3.33. The van der Waals surface area contributed by atoms with Gasteiger partial charge >= 0.3 is 0 Å². The number of nitrogens with one attached hydrogen (secondary N) is 1. The van der Waals surface area contributed by atoms with Crippen molar-refractivity contribution >= 4 is 0 Å². The molecular weight excluding hydrogens is 231 g/mol. The zero-order chi connectivity index (χ0) is 12.5. The first-order valence-electron chi connectivity index (χ1n) is 6.48. The lowest BCUT2D eigenvalue weighted by molar-refractivity contribution is 0.0804. The monoisotopic (exact) mass is 250 g/mol. The van der Waals surface area contributed by atoms with Crippen molar-refractivity contribution in [2.45, 2.75) is 18.6 Å². The lowest BCUT2D eigenvalue weighted by Gasteiger charge is -2.40. The first-order chi connectivity index (χ1) is 8.76. The molecule has 0 aliphatic carbocycles. The van der Waals surface area contributed by atoms with Crippen molar-refractivity contribution in [2.75, 3.05) is 26.8 Å². The summed E-state index contributed by atoms with van der Waals surface area (Å²) in [6.07, 6.45) is 0. The average molecular weight is 250 g/mol. The van der Waals surface area contributed by atoms with Crippen LogP contribution in [-0.2, 0) is 11.3 Å². The third-order valence-electron chi connectivity index (χ3n) is 4.05. The third-order valence-corrected chi connectivity index (χ3v) is 4.05. The van der Waals surface area contributed by atoms with E-state index in [9.17, 15) is 4.39 Å². The normalized spacial score (nSPS) is 31.1. The van der Waals surface area contributed by atoms with Gasteiger partial charge in [0.25, 0.3) is 0 Å². The lowest BCUT2D eigenvalue weighted by Crippen LogP contribution is -2.62. The number of likely N-dealkylation sites (tertiary alicyclic amines) is 1. The maximum absolute atomic E-state index is 12.8. The number of hydrogen-bond donors (Lipinski definition) is 1. The van der Waals surface area contributed by atoms with Crippen LogP contribution in [0.2, 0.25) is 0 Å². The largest absolute Gasteiger partial charge is 0.383 e. The van der Waals surface area contributed by atoms with Crippen LogP contribution in [0.25, 0.3) is 0 Å². The highest BCUT2D eigenvalue weighted by molar-refractivity contribution is 5.17. The molecule has 0 amide bonds. The molecule has 1 N–H and O–H groups in total. The Morgan fingerprint density at radius 3 is 2.83 bits per heavy atom. The van der Waals surface area contributed by atoms with E-state index in [2.05, 4.69) is 10.2 Å². The third kappa shape index (κ3) is 2.28. The van der Waals surface area contributed by atoms with Crippen LogP contribution in [0.1, 0.15) is 5.56 Å². The van der Waals surface area contributed by atoms with E-state index in [1.54, 1.807) is 7.11 Å². The van der Waals surface area contributed by atoms with Crippen molar-refractivity contribution in [1.82, 2.24) is 10.2 Å². The van der Waals surface area contributed by atoms with Gasteiger partial charge in [-0.05, 0) is 17.7 Å². The molecule has 0 bridgehead atoms. The first kappa shape index (κ1) is 12.1. The van der Waals surface area contributed by atoms with E-state index in [1.165, 1.54) is 17.7 Å². The summed E-state index contributed by atoms with van der Waals surface area (Å²) in [7, 11) is 1.75. The minimum absolute atomic E-state index is 0.165. The molecule has 1 aromatic rings. The lowest BCUT2D eigenvalue weighted by atomic mass is 9.86. The summed E-state index contributed by atoms with van der Waals surface area (Å²) in [5.41, 5.74) is 1.18. The zero-order valence-corrected chi connectivity index (χ0v) is 10.6. The molecule has 0 aromatic heterocycles. The van der Waals surface area contributed by atoms with Gasteiger partial charge in [0.05, 0.1) is 6.61 Å². The molecule has 18 heavy (non-hydrogen) atoms. The second-order valence-corrected chi connectivity index (χ2v) is 5.32. The van der Waals surface area contributed by atoms with E-state index < -0.39 is 0 Å². The molecule has 3 atom stereocenters. The molecule has 98 valence electrons. The minimum Gasteiger partial charge on any atom is -0.383 e. The van der Waals surface area contributed by atoms with Crippen LogP contribution in [0, 0.1) is 11.7 Å². The second kappa shape index (κ2) is 4.96. The summed E-state index contributed by atoms with van der Waals surface area (Å²) in [5, 5.41) is 3.54. The number of halogens is 1. The number of nitrogens with zero attached hydrogens (tertiary/aromatic N) is 1. The Morgan fingerprint density at radius 1 is 1.33 bits per heavy atom. The predicted molar refractivity (Wildman–Crippen MR) is 67.8 cm³/mol. The molecule has 2 aliphatic heterocycles. The van der Waals surface area contributed by atoms with Gasteiger partial charge in [-0.1, -0.05) is 12.1 Å². The van der Waals surface area contributed by atoms with Gasteiger partial charge in [0, 0.05) is 44.7 Å². The van der Waals surface area contributed by atoms with Crippen LogP contribution in [0.3, 0.4) is 0 Å². The van der Waals surface area contributed by atoms with Crippen LogP contribution in [0.4, 0.5) is 4.39 Å². The summed E-state index contributed by atoms with van der Waals surface area (Å²) in [5.74, 6) is 0.549. The zero-order valence-electron chi connectivity index (χ0n) is 10.6. The van der Waals surface area contributed by atoms with Gasteiger partial charge in [-0.2, -0.15) is 0 Å². The van der Waals surface area contributed by atoms with Crippen molar-refractivity contribution in [3.8, 4) is 0 Å². The standard InChI is InChI=1S/C14H19FN2O/c1-18-9-14-12-7-17(8-13(12)16-14)6-10-2-4-11(15)5-3-10/h2-5,12-14,16H,6-9H2,1H3. The summed E-state index contributed by atoms with van der Waals surface area (Å²) in [4.78, 5) is 2.44. The van der Waals surface area contributed by atoms with Gasteiger partial charge < -0.3 is 10.1 Å². The van der Waals surface area contributed by atoms with Crippen molar-refractivity contribution in [2.24, 2.45) is 5.92 Å². The number of ether oxygens (including phenoxy) is 1. The molecule has 2 fully saturated rings. The number of hydrogen-bond acceptors (Lipinski definition) is 3. The first-order valence-corrected chi connectivity index (χ1v) is 6.48. The Labute approximate surface area is 107 Å². The maximum Gasteiger partial charge on any atom is 0.123 e. The van der Waals surface area contributed by atoms with E-state index in [-0.39, 0.29) is 5.82 Å². The Hall–Kier alpha value is -0.970. The SMILES string of the molecule is COCC1NC2CN(Cc3ccc(F)cc3)CC12. The molecule has 1 aromatic carbocycles. The summed E-state index contributed by atoms with van der Waals surface area (Å²) in [6.45, 7) is 3.91. The second-order valence-electron chi connectivity index (χ2n) is 5.32. The Morgan fingerprint density at radius 2 is 2.11 bits per heavy atom. The van der Waals surface area contributed by atoms with Crippen LogP contribution in [0.5, 0.6) is 0 Å². The maximum atomic E-state index is 12.8. The van der Waals surface area contributed by atoms with Crippen LogP contribution >= 0.6 is 0 Å². The highest BCUT2D eigenvalue weighted by Crippen LogP contribution is 2.30. The predicted octanol–water partition coefficient (Wildman–Crippen LogP) is 1.24. The van der Waals surface area contributed by atoms with Gasteiger partial charge in [-0.3, -0.25) is 4.90 Å². The van der Waals surface area contributed by atoms with E-state index in [4.69, 9.17) is 4.74 Å². The number of rotatable bonds is 4. The van der Waals surface area contributed by atoms with E-state index in [0.29, 0.717) is 18.0 Å². The molecule has 2 aliphatic rings. The molecule has 2 heterocycles. The Balaban J connectivity index is 1.55. The van der Waals surface area contributed by atoms with E-state index >= 15 is 0 Å². The topological polar surface area (TPSA) is 24.5 Å². The van der Waals surface area contributed by atoms with Gasteiger partial charge in [0.15, 0.2) is 0 Å². The van der Waals surface area contributed by atoms with Gasteiger partial charge in [0.2, 0.25) is 0 Å². The summed E-state index contributed by atoms with van der Waals surface area (Å²) in [6, 6.07) is 7.94. The molecular formula is C14H19FN2O. The highest BCUT2D eigenvalue weighted by atomic mass is 19.1. The molecule has 0 saturated carbocycles. The summed E-state index contributed by atoms with van der Waals surface area (Å²) < 4.78 is 18.0. The molecule has 4 heteroatoms. The van der Waals surface area contributed by atoms with Gasteiger partial charge in [-0.15, -0.1) is 0 Å². The molecule has 3 unspecified atom stereocenters. The van der Waals surface area contributed by atoms with Gasteiger partial charge in [-0.25, -0.2) is 4.39 Å². The van der Waals surface area contributed by atoms with Gasteiger partial charge in [0.1, 0.15) is 5.82 Å². The molecule has 3 rings (SSSR count). The smallest absolute Gasteiger partial charge is 0.123 e. The number of methoxy groups -OCH3 is 1. The van der Waals surface area contributed by atoms with E-state index in [1.807, 2.05) is 12.1 Å². The van der Waals surface area contributed by atoms with Crippen LogP contribution in [-0.4, -0.2) is 43.8 Å². The molecule has 0 spiro atoms. The van der Waals surface area contributed by atoms with E-state index in [0.717, 1.165) is 26.2 Å². The quantitative estimate of drug-likeness (QED) is 0.870. The number of fused-ring (bicyclic) bond motifs is 1. The minimum atomic E-state index is -0.165. The Bertz CT molecular complexity index is 409. The molecule has 0 radical (unpaired) electrons. The van der Waals surface area contributed by atoms with Crippen molar-refractivity contribution in [3.05, 3.63) is 35.6 Å². The van der Waals surface area contributed by atoms with Crippen molar-refractivity contribution in [1.29, 1.82) is 0 Å². The fourth-order valence-corrected chi connectivity index (χ4v) is 3.11.